The van der Waals surface area contributed by atoms with Gasteiger partial charge in [-0.1, -0.05) is 42.5 Å². The Morgan fingerprint density at radius 1 is 0.969 bits per heavy atom. The molecule has 0 unspecified atom stereocenters. The van der Waals surface area contributed by atoms with Crippen LogP contribution in [0, 0.1) is 0 Å². The zero-order valence-electron chi connectivity index (χ0n) is 17.7. The van der Waals surface area contributed by atoms with Gasteiger partial charge in [0.25, 0.3) is 5.56 Å². The number of hydrogen-bond donors (Lipinski definition) is 2. The van der Waals surface area contributed by atoms with Crippen LogP contribution in [0.4, 0.5) is 17.1 Å². The molecule has 1 aliphatic rings. The molecular formula is C26H24N4O2. The lowest BCUT2D eigenvalue weighted by Crippen LogP contribution is -2.18. The highest BCUT2D eigenvalue weighted by Gasteiger charge is 2.22. The van der Waals surface area contributed by atoms with E-state index in [1.165, 1.54) is 11.3 Å². The minimum Gasteiger partial charge on any atom is -0.339 e. The highest BCUT2D eigenvalue weighted by Crippen LogP contribution is 2.38. The van der Waals surface area contributed by atoms with Gasteiger partial charge in [-0.15, -0.1) is 0 Å². The van der Waals surface area contributed by atoms with Crippen LogP contribution in [-0.2, 0) is 17.6 Å². The Bertz CT molecular complexity index is 1340. The highest BCUT2D eigenvalue weighted by molar-refractivity contribution is 5.95. The summed E-state index contributed by atoms with van der Waals surface area (Å²) in [7, 11) is 0. The number of H-pyrrole nitrogens is 1. The van der Waals surface area contributed by atoms with Gasteiger partial charge in [0.2, 0.25) is 5.91 Å². The van der Waals surface area contributed by atoms with Crippen LogP contribution in [0.15, 0.2) is 77.6 Å². The number of nitrogens with one attached hydrogen (secondary N) is 2. The Labute approximate surface area is 185 Å². The first-order chi connectivity index (χ1) is 15.7. The summed E-state index contributed by atoms with van der Waals surface area (Å²) in [4.78, 5) is 34.5. The quantitative estimate of drug-likeness (QED) is 0.475. The Morgan fingerprint density at radius 2 is 1.72 bits per heavy atom. The smallest absolute Gasteiger partial charge is 0.258 e. The zero-order valence-corrected chi connectivity index (χ0v) is 17.7. The lowest BCUT2D eigenvalue weighted by molar-refractivity contribution is -0.116. The predicted octanol–water partition coefficient (Wildman–Crippen LogP) is 4.58. The molecule has 3 aromatic carbocycles. The van der Waals surface area contributed by atoms with Crippen LogP contribution in [0.3, 0.4) is 0 Å². The maximum Gasteiger partial charge on any atom is 0.258 e. The first-order valence-corrected chi connectivity index (χ1v) is 10.9. The molecule has 0 radical (unpaired) electrons. The first-order valence-electron chi connectivity index (χ1n) is 10.9. The van der Waals surface area contributed by atoms with Gasteiger partial charge < -0.3 is 15.2 Å². The molecule has 1 aromatic heterocycles. The molecular weight excluding hydrogens is 400 g/mol. The SMILES string of the molecule is O=C(CCCc1nc2ccccc2c(=O)[nH]1)Nc1ccccc1N1CCc2ccccc21. The molecule has 0 atom stereocenters. The second-order valence-electron chi connectivity index (χ2n) is 7.98. The monoisotopic (exact) mass is 424 g/mol. The average Bonchev–Trinajstić information content (AvgIpc) is 3.24. The van der Waals surface area contributed by atoms with Gasteiger partial charge in [-0.3, -0.25) is 9.59 Å². The molecule has 0 spiro atoms. The van der Waals surface area contributed by atoms with Gasteiger partial charge in [-0.2, -0.15) is 0 Å². The number of aromatic amines is 1. The topological polar surface area (TPSA) is 78.1 Å². The number of hydrogen-bond acceptors (Lipinski definition) is 4. The van der Waals surface area contributed by atoms with E-state index >= 15 is 0 Å². The van der Waals surface area contributed by atoms with Crippen molar-refractivity contribution in [2.24, 2.45) is 0 Å². The molecule has 0 saturated carbocycles. The van der Waals surface area contributed by atoms with Crippen LogP contribution < -0.4 is 15.8 Å². The largest absolute Gasteiger partial charge is 0.339 e. The summed E-state index contributed by atoms with van der Waals surface area (Å²) in [5, 5.41) is 3.65. The molecule has 6 heteroatoms. The maximum atomic E-state index is 12.7. The van der Waals surface area contributed by atoms with E-state index in [4.69, 9.17) is 0 Å². The molecule has 32 heavy (non-hydrogen) atoms. The number of carbonyl (C=O) groups excluding carboxylic acids is 1. The molecule has 2 heterocycles. The number of fused-ring (bicyclic) bond motifs is 2. The van der Waals surface area contributed by atoms with Crippen molar-refractivity contribution < 1.29 is 4.79 Å². The summed E-state index contributed by atoms with van der Waals surface area (Å²) in [5.74, 6) is 0.559. The van der Waals surface area contributed by atoms with Crippen LogP contribution >= 0.6 is 0 Å². The molecule has 0 saturated heterocycles. The fraction of sp³-hybridized carbons (Fsp3) is 0.192. The number of rotatable bonds is 6. The Hall–Kier alpha value is -3.93. The van der Waals surface area contributed by atoms with Gasteiger partial charge in [0, 0.05) is 25.1 Å². The van der Waals surface area contributed by atoms with Gasteiger partial charge in [0.1, 0.15) is 5.82 Å². The highest BCUT2D eigenvalue weighted by atomic mass is 16.1. The Morgan fingerprint density at radius 3 is 2.62 bits per heavy atom. The number of aromatic nitrogens is 2. The van der Waals surface area contributed by atoms with Gasteiger partial charge in [0.15, 0.2) is 0 Å². The summed E-state index contributed by atoms with van der Waals surface area (Å²) >= 11 is 0. The number of para-hydroxylation sites is 4. The molecule has 2 N–H and O–H groups in total. The molecule has 0 bridgehead atoms. The Balaban J connectivity index is 1.25. The molecule has 6 nitrogen and oxygen atoms in total. The summed E-state index contributed by atoms with van der Waals surface area (Å²) in [5.41, 5.74) is 4.87. The van der Waals surface area contributed by atoms with Crippen molar-refractivity contribution in [3.8, 4) is 0 Å². The molecule has 0 fully saturated rings. The van der Waals surface area contributed by atoms with E-state index in [9.17, 15) is 9.59 Å². The lowest BCUT2D eigenvalue weighted by Gasteiger charge is -2.23. The van der Waals surface area contributed by atoms with Crippen LogP contribution in [0.2, 0.25) is 0 Å². The molecule has 4 aromatic rings. The molecule has 5 rings (SSSR count). The van der Waals surface area contributed by atoms with Crippen molar-refractivity contribution >= 4 is 33.9 Å². The van der Waals surface area contributed by atoms with E-state index in [1.807, 2.05) is 48.5 Å². The maximum absolute atomic E-state index is 12.7. The van der Waals surface area contributed by atoms with E-state index in [0.29, 0.717) is 36.0 Å². The summed E-state index contributed by atoms with van der Waals surface area (Å²) in [6.45, 7) is 0.896. The van der Waals surface area contributed by atoms with Crippen molar-refractivity contribution in [3.05, 3.63) is 94.5 Å². The second kappa shape index (κ2) is 8.67. The summed E-state index contributed by atoms with van der Waals surface area (Å²) in [6.07, 6.45) is 2.48. The lowest BCUT2D eigenvalue weighted by atomic mass is 10.1. The fourth-order valence-corrected chi connectivity index (χ4v) is 4.29. The van der Waals surface area contributed by atoms with E-state index in [0.717, 1.165) is 24.3 Å². The van der Waals surface area contributed by atoms with Crippen LogP contribution in [-0.4, -0.2) is 22.4 Å². The van der Waals surface area contributed by atoms with E-state index in [1.54, 1.807) is 6.07 Å². The number of amides is 1. The number of aryl methyl sites for hydroxylation is 1. The van der Waals surface area contributed by atoms with E-state index in [2.05, 4.69) is 38.4 Å². The van der Waals surface area contributed by atoms with Gasteiger partial charge in [-0.05, 0) is 48.7 Å². The van der Waals surface area contributed by atoms with Crippen molar-refractivity contribution in [2.45, 2.75) is 25.7 Å². The third kappa shape index (κ3) is 3.99. The van der Waals surface area contributed by atoms with Gasteiger partial charge in [0.05, 0.1) is 22.3 Å². The van der Waals surface area contributed by atoms with Gasteiger partial charge in [-0.25, -0.2) is 4.98 Å². The van der Waals surface area contributed by atoms with E-state index in [-0.39, 0.29) is 11.5 Å². The molecule has 1 aliphatic heterocycles. The second-order valence-corrected chi connectivity index (χ2v) is 7.98. The molecule has 160 valence electrons. The van der Waals surface area contributed by atoms with Crippen molar-refractivity contribution in [1.29, 1.82) is 0 Å². The normalized spacial score (nSPS) is 12.7. The first kappa shape index (κ1) is 20.0. The summed E-state index contributed by atoms with van der Waals surface area (Å²) < 4.78 is 0. The summed E-state index contributed by atoms with van der Waals surface area (Å²) in [6, 6.07) is 23.6. The molecule has 1 amide bonds. The minimum atomic E-state index is -0.144. The zero-order chi connectivity index (χ0) is 21.9. The van der Waals surface area contributed by atoms with Crippen molar-refractivity contribution in [2.75, 3.05) is 16.8 Å². The predicted molar refractivity (Wildman–Crippen MR) is 128 cm³/mol. The fourth-order valence-electron chi connectivity index (χ4n) is 4.29. The van der Waals surface area contributed by atoms with E-state index < -0.39 is 0 Å². The van der Waals surface area contributed by atoms with Gasteiger partial charge >= 0.3 is 0 Å². The Kier molecular flexibility index (Phi) is 5.42. The van der Waals surface area contributed by atoms with Crippen LogP contribution in [0.1, 0.15) is 24.2 Å². The average molecular weight is 425 g/mol. The van der Waals surface area contributed by atoms with Crippen molar-refractivity contribution in [3.63, 3.8) is 0 Å². The number of benzene rings is 3. The number of anilines is 3. The number of carbonyl (C=O) groups is 1. The molecule has 0 aliphatic carbocycles. The van der Waals surface area contributed by atoms with Crippen molar-refractivity contribution in [1.82, 2.24) is 9.97 Å². The third-order valence-electron chi connectivity index (χ3n) is 5.84. The number of nitrogens with zero attached hydrogens (tertiary/aromatic N) is 2. The third-order valence-corrected chi connectivity index (χ3v) is 5.84. The van der Waals surface area contributed by atoms with Crippen LogP contribution in [0.5, 0.6) is 0 Å². The standard InChI is InChI=1S/C26H24N4O2/c31-25(15-7-14-24-27-20-10-3-2-9-19(20)26(32)29-24)28-21-11-4-6-13-23(21)30-17-16-18-8-1-5-12-22(18)30/h1-6,8-13H,7,14-17H2,(H,28,31)(H,27,29,32). The van der Waals surface area contributed by atoms with Crippen LogP contribution in [0.25, 0.3) is 10.9 Å². The minimum absolute atomic E-state index is 0.0481.